The predicted molar refractivity (Wildman–Crippen MR) is 98.2 cm³/mol. The van der Waals surface area contributed by atoms with Crippen LogP contribution in [0.2, 0.25) is 0 Å². The molecule has 0 atom stereocenters. The van der Waals surface area contributed by atoms with Gasteiger partial charge < -0.3 is 5.32 Å². The SMILES string of the molecule is CCCCCCCCCCCCCCNC(=O)CCC(C)C. The lowest BCUT2D eigenvalue weighted by Gasteiger charge is -2.07. The van der Waals surface area contributed by atoms with Gasteiger partial charge in [0.2, 0.25) is 5.91 Å². The van der Waals surface area contributed by atoms with Crippen molar-refractivity contribution in [3.8, 4) is 0 Å². The lowest BCUT2D eigenvalue weighted by Crippen LogP contribution is -2.24. The Morgan fingerprint density at radius 2 is 1.23 bits per heavy atom. The largest absolute Gasteiger partial charge is 0.356 e. The Labute approximate surface area is 139 Å². The van der Waals surface area contributed by atoms with E-state index in [0.717, 1.165) is 19.4 Å². The Morgan fingerprint density at radius 1 is 0.773 bits per heavy atom. The fourth-order valence-electron chi connectivity index (χ4n) is 2.70. The van der Waals surface area contributed by atoms with Gasteiger partial charge in [-0.15, -0.1) is 0 Å². The summed E-state index contributed by atoms with van der Waals surface area (Å²) in [4.78, 5) is 11.5. The first-order valence-corrected chi connectivity index (χ1v) is 9.93. The quantitative estimate of drug-likeness (QED) is 0.336. The Balaban J connectivity index is 3.09. The lowest BCUT2D eigenvalue weighted by molar-refractivity contribution is -0.121. The molecule has 0 bridgehead atoms. The van der Waals surface area contributed by atoms with Crippen molar-refractivity contribution in [2.75, 3.05) is 6.54 Å². The molecule has 0 radical (unpaired) electrons. The van der Waals surface area contributed by atoms with Gasteiger partial charge in [-0.25, -0.2) is 0 Å². The normalized spacial score (nSPS) is 11.1. The van der Waals surface area contributed by atoms with E-state index in [1.165, 1.54) is 70.6 Å². The number of rotatable bonds is 16. The van der Waals surface area contributed by atoms with Gasteiger partial charge in [0.25, 0.3) is 0 Å². The van der Waals surface area contributed by atoms with Crippen LogP contribution in [-0.2, 0) is 4.79 Å². The second kappa shape index (κ2) is 16.8. The highest BCUT2D eigenvalue weighted by atomic mass is 16.1. The monoisotopic (exact) mass is 311 g/mol. The van der Waals surface area contributed by atoms with Crippen molar-refractivity contribution in [2.45, 2.75) is 111 Å². The van der Waals surface area contributed by atoms with Crippen molar-refractivity contribution in [1.29, 1.82) is 0 Å². The van der Waals surface area contributed by atoms with E-state index < -0.39 is 0 Å². The zero-order valence-electron chi connectivity index (χ0n) is 15.6. The van der Waals surface area contributed by atoms with Crippen LogP contribution in [0.4, 0.5) is 0 Å². The Bertz CT molecular complexity index is 238. The molecule has 2 nitrogen and oxygen atoms in total. The van der Waals surface area contributed by atoms with Crippen molar-refractivity contribution in [1.82, 2.24) is 5.32 Å². The van der Waals surface area contributed by atoms with Crippen LogP contribution in [0.15, 0.2) is 0 Å². The van der Waals surface area contributed by atoms with Gasteiger partial charge in [0.15, 0.2) is 0 Å². The fraction of sp³-hybridized carbons (Fsp3) is 0.950. The molecule has 0 unspecified atom stereocenters. The standard InChI is InChI=1S/C20H41NO/c1-4-5-6-7-8-9-10-11-12-13-14-15-18-21-20(22)17-16-19(2)3/h19H,4-18H2,1-3H3,(H,21,22). The summed E-state index contributed by atoms with van der Waals surface area (Å²) in [7, 11) is 0. The van der Waals surface area contributed by atoms with E-state index in [0.29, 0.717) is 12.3 Å². The summed E-state index contributed by atoms with van der Waals surface area (Å²) in [5.74, 6) is 0.856. The molecule has 0 aliphatic rings. The van der Waals surface area contributed by atoms with Crippen LogP contribution >= 0.6 is 0 Å². The number of carbonyl (C=O) groups excluding carboxylic acids is 1. The molecule has 2 heteroatoms. The van der Waals surface area contributed by atoms with Gasteiger partial charge in [-0.2, -0.15) is 0 Å². The molecule has 0 spiro atoms. The summed E-state index contributed by atoms with van der Waals surface area (Å²) in [6.07, 6.45) is 18.1. The number of hydrogen-bond donors (Lipinski definition) is 1. The van der Waals surface area contributed by atoms with Crippen LogP contribution in [0.25, 0.3) is 0 Å². The van der Waals surface area contributed by atoms with Crippen molar-refractivity contribution < 1.29 is 4.79 Å². The molecule has 1 amide bonds. The van der Waals surface area contributed by atoms with Crippen molar-refractivity contribution >= 4 is 5.91 Å². The molecule has 132 valence electrons. The first-order valence-electron chi connectivity index (χ1n) is 9.93. The summed E-state index contributed by atoms with van der Waals surface area (Å²) >= 11 is 0. The van der Waals surface area contributed by atoms with E-state index in [4.69, 9.17) is 0 Å². The molecule has 0 aliphatic carbocycles. The van der Waals surface area contributed by atoms with Gasteiger partial charge in [-0.05, 0) is 18.8 Å². The van der Waals surface area contributed by atoms with E-state index in [1.807, 2.05) is 0 Å². The molecule has 0 heterocycles. The molecule has 1 N–H and O–H groups in total. The third-order valence-electron chi connectivity index (χ3n) is 4.30. The van der Waals surface area contributed by atoms with Gasteiger partial charge in [-0.1, -0.05) is 91.4 Å². The molecular formula is C20H41NO. The van der Waals surface area contributed by atoms with Gasteiger partial charge in [-0.3, -0.25) is 4.79 Å². The maximum atomic E-state index is 11.5. The minimum atomic E-state index is 0.233. The minimum Gasteiger partial charge on any atom is -0.356 e. The van der Waals surface area contributed by atoms with Crippen LogP contribution in [-0.4, -0.2) is 12.5 Å². The van der Waals surface area contributed by atoms with Crippen LogP contribution in [0.5, 0.6) is 0 Å². The number of nitrogens with one attached hydrogen (secondary N) is 1. The summed E-state index contributed by atoms with van der Waals surface area (Å²) in [5.41, 5.74) is 0. The number of amides is 1. The van der Waals surface area contributed by atoms with Crippen molar-refractivity contribution in [2.24, 2.45) is 5.92 Å². The number of unbranched alkanes of at least 4 members (excludes halogenated alkanes) is 11. The Morgan fingerprint density at radius 3 is 1.68 bits per heavy atom. The van der Waals surface area contributed by atoms with E-state index in [9.17, 15) is 4.79 Å². The average molecular weight is 312 g/mol. The predicted octanol–water partition coefficient (Wildman–Crippen LogP) is 6.24. The maximum Gasteiger partial charge on any atom is 0.220 e. The van der Waals surface area contributed by atoms with Gasteiger partial charge in [0.05, 0.1) is 0 Å². The van der Waals surface area contributed by atoms with E-state index in [2.05, 4.69) is 26.1 Å². The summed E-state index contributed by atoms with van der Waals surface area (Å²) < 4.78 is 0. The first-order chi connectivity index (χ1) is 10.7. The third-order valence-corrected chi connectivity index (χ3v) is 4.30. The first kappa shape index (κ1) is 21.5. The van der Waals surface area contributed by atoms with Gasteiger partial charge in [0, 0.05) is 13.0 Å². The van der Waals surface area contributed by atoms with Crippen LogP contribution < -0.4 is 5.32 Å². The summed E-state index contributed by atoms with van der Waals surface area (Å²) in [5, 5.41) is 3.03. The highest BCUT2D eigenvalue weighted by molar-refractivity contribution is 5.75. The van der Waals surface area contributed by atoms with E-state index >= 15 is 0 Å². The fourth-order valence-corrected chi connectivity index (χ4v) is 2.70. The molecule has 0 aromatic heterocycles. The molecular weight excluding hydrogens is 270 g/mol. The molecule has 0 fully saturated rings. The van der Waals surface area contributed by atoms with Crippen LogP contribution in [0.1, 0.15) is 111 Å². The lowest BCUT2D eigenvalue weighted by atomic mass is 10.1. The van der Waals surface area contributed by atoms with Gasteiger partial charge >= 0.3 is 0 Å². The van der Waals surface area contributed by atoms with Gasteiger partial charge in [0.1, 0.15) is 0 Å². The molecule has 0 saturated heterocycles. The smallest absolute Gasteiger partial charge is 0.220 e. The minimum absolute atomic E-state index is 0.233. The topological polar surface area (TPSA) is 29.1 Å². The molecule has 0 aromatic rings. The second-order valence-electron chi connectivity index (χ2n) is 7.17. The van der Waals surface area contributed by atoms with E-state index in [1.54, 1.807) is 0 Å². The molecule has 0 rings (SSSR count). The Hall–Kier alpha value is -0.530. The summed E-state index contributed by atoms with van der Waals surface area (Å²) in [6, 6.07) is 0. The third kappa shape index (κ3) is 17.5. The average Bonchev–Trinajstić information content (AvgIpc) is 2.49. The second-order valence-corrected chi connectivity index (χ2v) is 7.17. The van der Waals surface area contributed by atoms with Crippen LogP contribution in [0.3, 0.4) is 0 Å². The molecule has 0 aromatic carbocycles. The highest BCUT2D eigenvalue weighted by Crippen LogP contribution is 2.11. The van der Waals surface area contributed by atoms with Crippen molar-refractivity contribution in [3.05, 3.63) is 0 Å². The molecule has 0 saturated carbocycles. The Kier molecular flexibility index (Phi) is 16.4. The number of carbonyl (C=O) groups is 1. The summed E-state index contributed by atoms with van der Waals surface area (Å²) in [6.45, 7) is 7.47. The number of hydrogen-bond acceptors (Lipinski definition) is 1. The zero-order chi connectivity index (χ0) is 16.5. The maximum absolute atomic E-state index is 11.5. The molecule has 0 aliphatic heterocycles. The highest BCUT2D eigenvalue weighted by Gasteiger charge is 2.02. The van der Waals surface area contributed by atoms with E-state index in [-0.39, 0.29) is 5.91 Å². The van der Waals surface area contributed by atoms with Crippen LogP contribution in [0, 0.1) is 5.92 Å². The molecule has 22 heavy (non-hydrogen) atoms. The zero-order valence-corrected chi connectivity index (χ0v) is 15.6. The van der Waals surface area contributed by atoms with Crippen molar-refractivity contribution in [3.63, 3.8) is 0 Å².